The molecule has 1 fully saturated rings. The zero-order chi connectivity index (χ0) is 15.1. The number of methoxy groups -OCH3 is 1. The Morgan fingerprint density at radius 1 is 1.00 bits per heavy atom. The van der Waals surface area contributed by atoms with Crippen LogP contribution >= 0.6 is 0 Å². The molecule has 1 aliphatic carbocycles. The molecule has 2 atom stereocenters. The highest BCUT2D eigenvalue weighted by atomic mass is 16.5. The molecule has 3 rings (SSSR count). The quantitative estimate of drug-likeness (QED) is 0.620. The van der Waals surface area contributed by atoms with E-state index in [9.17, 15) is 9.59 Å². The minimum absolute atomic E-state index is 0.0960. The molecule has 1 heterocycles. The van der Waals surface area contributed by atoms with Crippen LogP contribution < -0.4 is 9.64 Å². The molecule has 0 saturated carbocycles. The molecule has 0 N–H and O–H groups in total. The van der Waals surface area contributed by atoms with Gasteiger partial charge in [-0.2, -0.15) is 0 Å². The fraction of sp³-hybridized carbons (Fsp3) is 0.412. The number of rotatable bonds is 2. The number of anilines is 1. The fourth-order valence-electron chi connectivity index (χ4n) is 3.30. The molecule has 0 unspecified atom stereocenters. The van der Waals surface area contributed by atoms with Crippen molar-refractivity contribution in [3.05, 3.63) is 35.4 Å². The van der Waals surface area contributed by atoms with Crippen molar-refractivity contribution >= 4 is 17.5 Å². The van der Waals surface area contributed by atoms with Crippen LogP contribution in [0.1, 0.15) is 26.7 Å². The van der Waals surface area contributed by atoms with Crippen LogP contribution in [-0.2, 0) is 9.59 Å². The van der Waals surface area contributed by atoms with Gasteiger partial charge in [-0.25, -0.2) is 4.90 Å². The first kappa shape index (κ1) is 13.9. The Morgan fingerprint density at radius 3 is 2.05 bits per heavy atom. The molecule has 4 heteroatoms. The maximum absolute atomic E-state index is 12.7. The Morgan fingerprint density at radius 2 is 1.52 bits per heavy atom. The maximum Gasteiger partial charge on any atom is 0.238 e. The van der Waals surface area contributed by atoms with E-state index in [1.54, 1.807) is 19.2 Å². The standard InChI is InChI=1S/C17H19NO3/c1-10-8-12-13(9-11(10)2)17(20)18(16(12)19)14-6-4-5-7-15(14)21-3/h4-7,12-13H,8-9H2,1-3H3/t12-,13-/m1/s1. The average molecular weight is 285 g/mol. The number of carbonyl (C=O) groups is 2. The van der Waals surface area contributed by atoms with Crippen LogP contribution in [0.25, 0.3) is 0 Å². The van der Waals surface area contributed by atoms with Gasteiger partial charge in [0.1, 0.15) is 5.75 Å². The van der Waals surface area contributed by atoms with Crippen molar-refractivity contribution in [2.75, 3.05) is 12.0 Å². The third-order valence-corrected chi connectivity index (χ3v) is 4.67. The van der Waals surface area contributed by atoms with E-state index in [2.05, 4.69) is 13.8 Å². The topological polar surface area (TPSA) is 46.6 Å². The van der Waals surface area contributed by atoms with Crippen LogP contribution in [0.15, 0.2) is 35.4 Å². The Bertz CT molecular complexity index is 615. The van der Waals surface area contributed by atoms with Gasteiger partial charge in [-0.05, 0) is 38.8 Å². The predicted molar refractivity (Wildman–Crippen MR) is 80.1 cm³/mol. The van der Waals surface area contributed by atoms with Crippen molar-refractivity contribution in [2.24, 2.45) is 11.8 Å². The molecule has 2 amide bonds. The van der Waals surface area contributed by atoms with E-state index in [1.165, 1.54) is 16.0 Å². The lowest BCUT2D eigenvalue weighted by Crippen LogP contribution is -2.31. The number of hydrogen-bond donors (Lipinski definition) is 0. The van der Waals surface area contributed by atoms with Gasteiger partial charge < -0.3 is 4.74 Å². The zero-order valence-corrected chi connectivity index (χ0v) is 12.6. The van der Waals surface area contributed by atoms with Gasteiger partial charge in [0, 0.05) is 0 Å². The Hall–Kier alpha value is -2.10. The maximum atomic E-state index is 12.7. The van der Waals surface area contributed by atoms with Crippen LogP contribution in [0, 0.1) is 11.8 Å². The summed E-state index contributed by atoms with van der Waals surface area (Å²) in [6.07, 6.45) is 1.37. The van der Waals surface area contributed by atoms with Crippen molar-refractivity contribution in [3.8, 4) is 5.75 Å². The van der Waals surface area contributed by atoms with Crippen LogP contribution in [0.5, 0.6) is 5.75 Å². The number of fused-ring (bicyclic) bond motifs is 1. The average Bonchev–Trinajstić information content (AvgIpc) is 2.71. The van der Waals surface area contributed by atoms with Crippen LogP contribution in [0.2, 0.25) is 0 Å². The molecule has 110 valence electrons. The summed E-state index contributed by atoms with van der Waals surface area (Å²) in [5.41, 5.74) is 3.03. The van der Waals surface area contributed by atoms with Crippen LogP contribution in [-0.4, -0.2) is 18.9 Å². The van der Waals surface area contributed by atoms with Crippen molar-refractivity contribution in [2.45, 2.75) is 26.7 Å². The van der Waals surface area contributed by atoms with Gasteiger partial charge in [-0.1, -0.05) is 23.3 Å². The third-order valence-electron chi connectivity index (χ3n) is 4.67. The lowest BCUT2D eigenvalue weighted by atomic mass is 9.78. The monoisotopic (exact) mass is 285 g/mol. The van der Waals surface area contributed by atoms with Gasteiger partial charge in [-0.15, -0.1) is 0 Å². The molecule has 1 saturated heterocycles. The Kier molecular flexibility index (Phi) is 3.32. The second kappa shape index (κ2) is 5.02. The first-order valence-corrected chi connectivity index (χ1v) is 7.20. The molecule has 1 aromatic carbocycles. The van der Waals surface area contributed by atoms with Gasteiger partial charge in [-0.3, -0.25) is 9.59 Å². The SMILES string of the molecule is COc1ccccc1N1C(=O)[C@@H]2CC(C)=C(C)C[C@H]2C1=O. The largest absolute Gasteiger partial charge is 0.495 e. The molecule has 0 aromatic heterocycles. The lowest BCUT2D eigenvalue weighted by molar-refractivity contribution is -0.122. The summed E-state index contributed by atoms with van der Waals surface area (Å²) in [6.45, 7) is 4.10. The third kappa shape index (κ3) is 2.06. The number of amides is 2. The predicted octanol–water partition coefficient (Wildman–Crippen LogP) is 2.93. The number of allylic oxidation sites excluding steroid dienone is 2. The van der Waals surface area contributed by atoms with Gasteiger partial charge in [0.25, 0.3) is 0 Å². The van der Waals surface area contributed by atoms with E-state index in [-0.39, 0.29) is 23.7 Å². The molecule has 21 heavy (non-hydrogen) atoms. The number of para-hydroxylation sites is 2. The van der Waals surface area contributed by atoms with Gasteiger partial charge in [0.05, 0.1) is 24.6 Å². The smallest absolute Gasteiger partial charge is 0.238 e. The first-order valence-electron chi connectivity index (χ1n) is 7.20. The summed E-state index contributed by atoms with van der Waals surface area (Å²) in [4.78, 5) is 26.7. The Labute approximate surface area is 124 Å². The van der Waals surface area contributed by atoms with E-state index in [0.717, 1.165) is 0 Å². The van der Waals surface area contributed by atoms with E-state index in [1.807, 2.05) is 12.1 Å². The number of carbonyl (C=O) groups excluding carboxylic acids is 2. The Balaban J connectivity index is 2.00. The van der Waals surface area contributed by atoms with Crippen LogP contribution in [0.4, 0.5) is 5.69 Å². The van der Waals surface area contributed by atoms with E-state index >= 15 is 0 Å². The second-order valence-corrected chi connectivity index (χ2v) is 5.87. The summed E-state index contributed by atoms with van der Waals surface area (Å²) in [6, 6.07) is 7.18. The van der Waals surface area contributed by atoms with Gasteiger partial charge in [0.2, 0.25) is 11.8 Å². The van der Waals surface area contributed by atoms with Crippen molar-refractivity contribution in [3.63, 3.8) is 0 Å². The van der Waals surface area contributed by atoms with Crippen molar-refractivity contribution in [1.29, 1.82) is 0 Å². The minimum Gasteiger partial charge on any atom is -0.495 e. The van der Waals surface area contributed by atoms with Crippen molar-refractivity contribution < 1.29 is 14.3 Å². The number of imide groups is 1. The number of hydrogen-bond acceptors (Lipinski definition) is 3. The molecule has 2 aliphatic rings. The van der Waals surface area contributed by atoms with E-state index in [0.29, 0.717) is 24.3 Å². The number of ether oxygens (including phenoxy) is 1. The first-order chi connectivity index (χ1) is 10.0. The van der Waals surface area contributed by atoms with Crippen LogP contribution in [0.3, 0.4) is 0 Å². The number of benzene rings is 1. The molecule has 1 aromatic rings. The summed E-state index contributed by atoms with van der Waals surface area (Å²) in [5.74, 6) is -0.0702. The normalized spacial score (nSPS) is 25.4. The minimum atomic E-state index is -0.217. The molecule has 4 nitrogen and oxygen atoms in total. The van der Waals surface area contributed by atoms with E-state index in [4.69, 9.17) is 4.74 Å². The molecule has 0 radical (unpaired) electrons. The van der Waals surface area contributed by atoms with Crippen molar-refractivity contribution in [1.82, 2.24) is 0 Å². The summed E-state index contributed by atoms with van der Waals surface area (Å²) in [7, 11) is 1.55. The lowest BCUT2D eigenvalue weighted by Gasteiger charge is -2.23. The molecule has 0 bridgehead atoms. The highest BCUT2D eigenvalue weighted by molar-refractivity contribution is 6.23. The zero-order valence-electron chi connectivity index (χ0n) is 12.6. The van der Waals surface area contributed by atoms with E-state index < -0.39 is 0 Å². The highest BCUT2D eigenvalue weighted by Crippen LogP contribution is 2.43. The highest BCUT2D eigenvalue weighted by Gasteiger charge is 2.50. The summed E-state index contributed by atoms with van der Waals surface area (Å²) >= 11 is 0. The van der Waals surface area contributed by atoms with Gasteiger partial charge in [0.15, 0.2) is 0 Å². The summed E-state index contributed by atoms with van der Waals surface area (Å²) in [5, 5.41) is 0. The molecular formula is C17H19NO3. The second-order valence-electron chi connectivity index (χ2n) is 5.87. The van der Waals surface area contributed by atoms with Gasteiger partial charge >= 0.3 is 0 Å². The molecular weight excluding hydrogens is 266 g/mol. The molecule has 1 aliphatic heterocycles. The number of nitrogens with zero attached hydrogens (tertiary/aromatic N) is 1. The molecule has 0 spiro atoms. The summed E-state index contributed by atoms with van der Waals surface area (Å²) < 4.78 is 5.29. The fourth-order valence-corrected chi connectivity index (χ4v) is 3.30.